The fourth-order valence-corrected chi connectivity index (χ4v) is 0.806. The van der Waals surface area contributed by atoms with Gasteiger partial charge in [-0.25, -0.2) is 0 Å². The molecule has 0 spiro atoms. The quantitative estimate of drug-likeness (QED) is 0.317. The Balaban J connectivity index is 3.27. The van der Waals surface area contributed by atoms with E-state index in [1.54, 1.807) is 0 Å². The average Bonchev–Trinajstić information content (AvgIpc) is 1.85. The summed E-state index contributed by atoms with van der Waals surface area (Å²) in [5.41, 5.74) is 2.40. The van der Waals surface area contributed by atoms with Crippen molar-refractivity contribution in [3.63, 3.8) is 0 Å². The molecular weight excluding hydrogens is 132 g/mol. The molecule has 0 aliphatic rings. The minimum atomic E-state index is 1.13. The standard InChI is InChI=1S/C11H18/c1-10(2)8-6-5-7-9-11(3)4/h6,8H,1,3,5,7,9H2,2,4H3/b8-6-. The van der Waals surface area contributed by atoms with Gasteiger partial charge >= 0.3 is 0 Å². The molecule has 11 heavy (non-hydrogen) atoms. The second-order valence-corrected chi connectivity index (χ2v) is 3.10. The van der Waals surface area contributed by atoms with Crippen LogP contribution in [0.15, 0.2) is 36.5 Å². The predicted molar refractivity (Wildman–Crippen MR) is 52.6 cm³/mol. The van der Waals surface area contributed by atoms with Crippen LogP contribution in [0.3, 0.4) is 0 Å². The van der Waals surface area contributed by atoms with Crippen molar-refractivity contribution in [1.29, 1.82) is 0 Å². The SMILES string of the molecule is C=C(C)/C=C\CCCC(=C)C. The molecule has 62 valence electrons. The van der Waals surface area contributed by atoms with E-state index in [0.29, 0.717) is 0 Å². The van der Waals surface area contributed by atoms with Gasteiger partial charge in [-0.2, -0.15) is 0 Å². The Bertz CT molecular complexity index is 161. The van der Waals surface area contributed by atoms with Gasteiger partial charge in [-0.15, -0.1) is 6.58 Å². The van der Waals surface area contributed by atoms with Crippen LogP contribution in [0.2, 0.25) is 0 Å². The van der Waals surface area contributed by atoms with Crippen LogP contribution in [0.5, 0.6) is 0 Å². The smallest absolute Gasteiger partial charge is 0.0323 e. The van der Waals surface area contributed by atoms with Crippen LogP contribution in [0.4, 0.5) is 0 Å². The third kappa shape index (κ3) is 9.22. The Morgan fingerprint density at radius 1 is 1.27 bits per heavy atom. The van der Waals surface area contributed by atoms with Crippen molar-refractivity contribution < 1.29 is 0 Å². The maximum absolute atomic E-state index is 3.85. The summed E-state index contributed by atoms with van der Waals surface area (Å²) in [6.07, 6.45) is 7.73. The summed E-state index contributed by atoms with van der Waals surface area (Å²) in [4.78, 5) is 0. The molecule has 0 aliphatic carbocycles. The van der Waals surface area contributed by atoms with Gasteiger partial charge in [0.25, 0.3) is 0 Å². The summed E-state index contributed by atoms with van der Waals surface area (Å²) in [6.45, 7) is 11.7. The Labute approximate surface area is 70.3 Å². The molecule has 0 nitrogen and oxygen atoms in total. The number of rotatable bonds is 5. The molecule has 0 fully saturated rings. The van der Waals surface area contributed by atoms with Crippen LogP contribution < -0.4 is 0 Å². The minimum absolute atomic E-state index is 1.13. The Morgan fingerprint density at radius 2 is 1.91 bits per heavy atom. The van der Waals surface area contributed by atoms with E-state index in [2.05, 4.69) is 32.2 Å². The molecule has 0 bridgehead atoms. The summed E-state index contributed by atoms with van der Waals surface area (Å²) in [6, 6.07) is 0. The lowest BCUT2D eigenvalue weighted by Gasteiger charge is -1.94. The van der Waals surface area contributed by atoms with E-state index < -0.39 is 0 Å². The molecule has 0 saturated carbocycles. The first-order chi connectivity index (χ1) is 5.13. The largest absolute Gasteiger partial charge is 0.100 e. The highest BCUT2D eigenvalue weighted by Crippen LogP contribution is 2.04. The van der Waals surface area contributed by atoms with Gasteiger partial charge in [-0.05, 0) is 33.1 Å². The van der Waals surface area contributed by atoms with E-state index in [1.165, 1.54) is 12.0 Å². The van der Waals surface area contributed by atoms with Gasteiger partial charge in [-0.1, -0.05) is 29.9 Å². The summed E-state index contributed by atoms with van der Waals surface area (Å²) in [5, 5.41) is 0. The van der Waals surface area contributed by atoms with E-state index in [9.17, 15) is 0 Å². The molecule has 0 atom stereocenters. The molecule has 0 aromatic carbocycles. The van der Waals surface area contributed by atoms with Gasteiger partial charge in [0.2, 0.25) is 0 Å². The Kier molecular flexibility index (Phi) is 5.54. The van der Waals surface area contributed by atoms with Crippen molar-refractivity contribution in [3.8, 4) is 0 Å². The molecule has 0 heterocycles. The zero-order valence-corrected chi connectivity index (χ0v) is 7.69. The van der Waals surface area contributed by atoms with Gasteiger partial charge in [0.1, 0.15) is 0 Å². The molecule has 0 heteroatoms. The fraction of sp³-hybridized carbons (Fsp3) is 0.455. The molecule has 0 unspecified atom stereocenters. The number of hydrogen-bond donors (Lipinski definition) is 0. The summed E-state index contributed by atoms with van der Waals surface area (Å²) in [5.74, 6) is 0. The summed E-state index contributed by atoms with van der Waals surface area (Å²) < 4.78 is 0. The second kappa shape index (κ2) is 5.96. The molecule has 0 amide bonds. The molecule has 0 N–H and O–H groups in total. The molecule has 0 aromatic heterocycles. The van der Waals surface area contributed by atoms with Gasteiger partial charge in [0.05, 0.1) is 0 Å². The second-order valence-electron chi connectivity index (χ2n) is 3.10. The topological polar surface area (TPSA) is 0 Å². The van der Waals surface area contributed by atoms with Crippen molar-refractivity contribution in [3.05, 3.63) is 36.5 Å². The van der Waals surface area contributed by atoms with Crippen LogP contribution in [0, 0.1) is 0 Å². The van der Waals surface area contributed by atoms with E-state index in [1.807, 2.05) is 6.92 Å². The number of allylic oxidation sites excluding steroid dienone is 4. The summed E-state index contributed by atoms with van der Waals surface area (Å²) in [7, 11) is 0. The average molecular weight is 150 g/mol. The van der Waals surface area contributed by atoms with Crippen molar-refractivity contribution in [2.45, 2.75) is 33.1 Å². The van der Waals surface area contributed by atoms with Crippen molar-refractivity contribution in [2.24, 2.45) is 0 Å². The van der Waals surface area contributed by atoms with Crippen LogP contribution in [-0.4, -0.2) is 0 Å². The highest BCUT2D eigenvalue weighted by molar-refractivity contribution is 5.10. The highest BCUT2D eigenvalue weighted by atomic mass is 13.9. The fourth-order valence-electron chi connectivity index (χ4n) is 0.806. The molecule has 0 saturated heterocycles. The first-order valence-electron chi connectivity index (χ1n) is 4.09. The van der Waals surface area contributed by atoms with Gasteiger partial charge in [-0.3, -0.25) is 0 Å². The lowest BCUT2D eigenvalue weighted by molar-refractivity contribution is 0.834. The molecule has 0 aliphatic heterocycles. The van der Waals surface area contributed by atoms with Crippen LogP contribution in [0.1, 0.15) is 33.1 Å². The monoisotopic (exact) mass is 150 g/mol. The maximum Gasteiger partial charge on any atom is -0.0323 e. The van der Waals surface area contributed by atoms with Crippen molar-refractivity contribution in [1.82, 2.24) is 0 Å². The third-order valence-electron chi connectivity index (χ3n) is 1.38. The van der Waals surface area contributed by atoms with Gasteiger partial charge in [0, 0.05) is 0 Å². The lowest BCUT2D eigenvalue weighted by Crippen LogP contribution is -1.74. The summed E-state index contributed by atoms with van der Waals surface area (Å²) >= 11 is 0. The van der Waals surface area contributed by atoms with E-state index in [-0.39, 0.29) is 0 Å². The minimum Gasteiger partial charge on any atom is -0.100 e. The molecule has 0 radical (unpaired) electrons. The Hall–Kier alpha value is -0.780. The van der Waals surface area contributed by atoms with E-state index >= 15 is 0 Å². The van der Waals surface area contributed by atoms with E-state index in [0.717, 1.165) is 18.4 Å². The zero-order chi connectivity index (χ0) is 8.69. The molecule has 0 aromatic rings. The Morgan fingerprint density at radius 3 is 2.36 bits per heavy atom. The third-order valence-corrected chi connectivity index (χ3v) is 1.38. The molecular formula is C11H18. The van der Waals surface area contributed by atoms with Crippen molar-refractivity contribution >= 4 is 0 Å². The highest BCUT2D eigenvalue weighted by Gasteiger charge is 1.84. The maximum atomic E-state index is 3.85. The zero-order valence-electron chi connectivity index (χ0n) is 7.69. The van der Waals surface area contributed by atoms with Crippen LogP contribution >= 0.6 is 0 Å². The normalized spacial score (nSPS) is 10.4. The van der Waals surface area contributed by atoms with Gasteiger partial charge in [0.15, 0.2) is 0 Å². The first-order valence-corrected chi connectivity index (χ1v) is 4.09. The first kappa shape index (κ1) is 10.2. The molecule has 0 rings (SSSR count). The number of unbranched alkanes of at least 4 members (excludes halogenated alkanes) is 1. The van der Waals surface area contributed by atoms with Crippen molar-refractivity contribution in [2.75, 3.05) is 0 Å². The predicted octanol–water partition coefficient (Wildman–Crippen LogP) is 3.87. The number of hydrogen-bond acceptors (Lipinski definition) is 0. The van der Waals surface area contributed by atoms with E-state index in [4.69, 9.17) is 0 Å². The van der Waals surface area contributed by atoms with Gasteiger partial charge < -0.3 is 0 Å². The lowest BCUT2D eigenvalue weighted by atomic mass is 10.1. The van der Waals surface area contributed by atoms with Crippen LogP contribution in [-0.2, 0) is 0 Å². The van der Waals surface area contributed by atoms with Crippen LogP contribution in [0.25, 0.3) is 0 Å².